The van der Waals surface area contributed by atoms with Crippen molar-refractivity contribution in [1.29, 1.82) is 5.26 Å². The highest BCUT2D eigenvalue weighted by Crippen LogP contribution is 2.20. The summed E-state index contributed by atoms with van der Waals surface area (Å²) in [6.07, 6.45) is 0.671. The van der Waals surface area contributed by atoms with Crippen LogP contribution in [0.4, 0.5) is 4.79 Å². The molecule has 3 rings (SSSR count). The molecule has 0 saturated heterocycles. The largest absolute Gasteiger partial charge is 0.414 e. The molecule has 0 aliphatic heterocycles. The molecule has 0 radical (unpaired) electrons. The zero-order chi connectivity index (χ0) is 17.1. The maximum atomic E-state index is 12.0. The van der Waals surface area contributed by atoms with Crippen LogP contribution in [-0.2, 0) is 6.54 Å². The SMILES string of the molecule is Cc1cccc(CNC(=O)Oc2cc(Cl)nc3c(C#N)cnn23)c1. The molecule has 0 unspecified atom stereocenters. The van der Waals surface area contributed by atoms with Gasteiger partial charge in [-0.2, -0.15) is 14.9 Å². The molecule has 3 aromatic rings. The number of carbonyl (C=O) groups excluding carboxylic acids is 1. The number of nitrogens with one attached hydrogen (secondary N) is 1. The number of hydrogen-bond donors (Lipinski definition) is 1. The van der Waals surface area contributed by atoms with Crippen LogP contribution < -0.4 is 10.1 Å². The molecule has 0 spiro atoms. The van der Waals surface area contributed by atoms with E-state index in [0.29, 0.717) is 6.54 Å². The molecule has 0 bridgehead atoms. The van der Waals surface area contributed by atoms with E-state index in [2.05, 4.69) is 15.4 Å². The Morgan fingerprint density at radius 2 is 2.29 bits per heavy atom. The van der Waals surface area contributed by atoms with Gasteiger partial charge in [0.05, 0.1) is 6.20 Å². The second-order valence-electron chi connectivity index (χ2n) is 5.05. The van der Waals surface area contributed by atoms with Gasteiger partial charge >= 0.3 is 6.09 Å². The van der Waals surface area contributed by atoms with Crippen molar-refractivity contribution in [2.24, 2.45) is 0 Å². The van der Waals surface area contributed by atoms with E-state index in [1.54, 1.807) is 0 Å². The number of fused-ring (bicyclic) bond motifs is 1. The third-order valence-corrected chi connectivity index (χ3v) is 3.44. The van der Waals surface area contributed by atoms with Gasteiger partial charge in [0, 0.05) is 12.6 Å². The summed E-state index contributed by atoms with van der Waals surface area (Å²) in [7, 11) is 0. The van der Waals surface area contributed by atoms with E-state index in [1.807, 2.05) is 37.3 Å². The topological polar surface area (TPSA) is 92.3 Å². The molecule has 24 heavy (non-hydrogen) atoms. The summed E-state index contributed by atoms with van der Waals surface area (Å²) in [6.45, 7) is 2.30. The summed E-state index contributed by atoms with van der Waals surface area (Å²) in [5.74, 6) is 0.0771. The van der Waals surface area contributed by atoms with Crippen LogP contribution in [0.25, 0.3) is 5.65 Å². The lowest BCUT2D eigenvalue weighted by molar-refractivity contribution is 0.197. The first-order valence-electron chi connectivity index (χ1n) is 7.02. The van der Waals surface area contributed by atoms with E-state index < -0.39 is 6.09 Å². The van der Waals surface area contributed by atoms with Gasteiger partial charge in [-0.15, -0.1) is 0 Å². The molecule has 120 valence electrons. The van der Waals surface area contributed by atoms with Crippen LogP contribution >= 0.6 is 11.6 Å². The summed E-state index contributed by atoms with van der Waals surface area (Å²) < 4.78 is 6.48. The molecular weight excluding hydrogens is 330 g/mol. The van der Waals surface area contributed by atoms with Gasteiger partial charge in [-0.25, -0.2) is 9.78 Å². The fourth-order valence-corrected chi connectivity index (χ4v) is 2.36. The molecule has 0 fully saturated rings. The van der Waals surface area contributed by atoms with Gasteiger partial charge in [0.25, 0.3) is 0 Å². The van der Waals surface area contributed by atoms with Crippen molar-refractivity contribution < 1.29 is 9.53 Å². The standard InChI is InChI=1S/C16H12ClN5O2/c1-10-3-2-4-11(5-10)8-19-16(23)24-14-6-13(17)21-15-12(7-18)9-20-22(14)15/h2-6,9H,8H2,1H3,(H,19,23). The maximum Gasteiger partial charge on any atom is 0.414 e. The number of aryl methyl sites for hydroxylation is 1. The fourth-order valence-electron chi connectivity index (χ4n) is 2.19. The Bertz CT molecular complexity index is 961. The highest BCUT2D eigenvalue weighted by molar-refractivity contribution is 6.29. The van der Waals surface area contributed by atoms with Gasteiger partial charge in [0.15, 0.2) is 5.65 Å². The molecule has 1 N–H and O–H groups in total. The second-order valence-corrected chi connectivity index (χ2v) is 5.44. The summed E-state index contributed by atoms with van der Waals surface area (Å²) >= 11 is 5.91. The molecule has 0 aliphatic rings. The lowest BCUT2D eigenvalue weighted by atomic mass is 10.1. The number of hydrogen-bond acceptors (Lipinski definition) is 5. The quantitative estimate of drug-likeness (QED) is 0.739. The summed E-state index contributed by atoms with van der Waals surface area (Å²) in [6, 6.07) is 11.1. The minimum absolute atomic E-state index is 0.0771. The third kappa shape index (κ3) is 3.29. The number of aromatic nitrogens is 3. The summed E-state index contributed by atoms with van der Waals surface area (Å²) in [5, 5.41) is 15.7. The zero-order valence-electron chi connectivity index (χ0n) is 12.7. The smallest absolute Gasteiger partial charge is 0.391 e. The van der Waals surface area contributed by atoms with Crippen molar-refractivity contribution in [1.82, 2.24) is 19.9 Å². The highest BCUT2D eigenvalue weighted by Gasteiger charge is 2.14. The number of halogens is 1. The van der Waals surface area contributed by atoms with E-state index in [0.717, 1.165) is 11.1 Å². The van der Waals surface area contributed by atoms with E-state index in [-0.39, 0.29) is 22.2 Å². The van der Waals surface area contributed by atoms with Crippen molar-refractivity contribution in [3.8, 4) is 11.9 Å². The van der Waals surface area contributed by atoms with Gasteiger partial charge in [-0.05, 0) is 12.5 Å². The summed E-state index contributed by atoms with van der Waals surface area (Å²) in [4.78, 5) is 16.0. The first kappa shape index (κ1) is 15.8. The average molecular weight is 342 g/mol. The fraction of sp³-hybridized carbons (Fsp3) is 0.125. The molecular formula is C16H12ClN5O2. The van der Waals surface area contributed by atoms with Crippen LogP contribution in [0.3, 0.4) is 0 Å². The highest BCUT2D eigenvalue weighted by atomic mass is 35.5. The number of rotatable bonds is 3. The molecule has 0 atom stereocenters. The molecule has 2 aromatic heterocycles. The van der Waals surface area contributed by atoms with Crippen molar-refractivity contribution >= 4 is 23.3 Å². The minimum Gasteiger partial charge on any atom is -0.391 e. The van der Waals surface area contributed by atoms with Gasteiger partial charge < -0.3 is 10.1 Å². The van der Waals surface area contributed by atoms with E-state index in [4.69, 9.17) is 21.6 Å². The number of nitriles is 1. The Labute approximate surface area is 142 Å². The first-order valence-corrected chi connectivity index (χ1v) is 7.40. The molecule has 0 saturated carbocycles. The molecule has 2 heterocycles. The number of ether oxygens (including phenoxy) is 1. The Hall–Kier alpha value is -3.11. The Balaban J connectivity index is 1.76. The third-order valence-electron chi connectivity index (χ3n) is 3.24. The number of benzene rings is 1. The lowest BCUT2D eigenvalue weighted by Gasteiger charge is -2.08. The van der Waals surface area contributed by atoms with Gasteiger partial charge in [0.2, 0.25) is 5.88 Å². The Morgan fingerprint density at radius 1 is 1.46 bits per heavy atom. The Kier molecular flexibility index (Phi) is 4.31. The molecule has 7 nitrogen and oxygen atoms in total. The second kappa shape index (κ2) is 6.56. The van der Waals surface area contributed by atoms with Crippen LogP contribution in [-0.4, -0.2) is 20.7 Å². The predicted molar refractivity (Wildman–Crippen MR) is 86.8 cm³/mol. The van der Waals surface area contributed by atoms with Crippen LogP contribution in [0.5, 0.6) is 5.88 Å². The van der Waals surface area contributed by atoms with E-state index in [1.165, 1.54) is 16.8 Å². The summed E-state index contributed by atoms with van der Waals surface area (Å²) in [5.41, 5.74) is 2.52. The van der Waals surface area contributed by atoms with Crippen molar-refractivity contribution in [2.75, 3.05) is 0 Å². The van der Waals surface area contributed by atoms with E-state index >= 15 is 0 Å². The van der Waals surface area contributed by atoms with Gasteiger partial charge in [-0.3, -0.25) is 0 Å². The molecule has 0 aliphatic carbocycles. The predicted octanol–water partition coefficient (Wildman–Crippen LogP) is 2.85. The van der Waals surface area contributed by atoms with Crippen molar-refractivity contribution in [2.45, 2.75) is 13.5 Å². The molecule has 8 heteroatoms. The van der Waals surface area contributed by atoms with Gasteiger partial charge in [0.1, 0.15) is 16.8 Å². The normalized spacial score (nSPS) is 10.4. The zero-order valence-corrected chi connectivity index (χ0v) is 13.4. The number of nitrogens with zero attached hydrogens (tertiary/aromatic N) is 4. The maximum absolute atomic E-state index is 12.0. The number of carbonyl (C=O) groups is 1. The van der Waals surface area contributed by atoms with Crippen molar-refractivity contribution in [3.63, 3.8) is 0 Å². The van der Waals surface area contributed by atoms with Crippen molar-refractivity contribution in [3.05, 3.63) is 58.4 Å². The van der Waals surface area contributed by atoms with Crippen LogP contribution in [0.15, 0.2) is 36.5 Å². The monoisotopic (exact) mass is 341 g/mol. The lowest BCUT2D eigenvalue weighted by Crippen LogP contribution is -2.27. The average Bonchev–Trinajstić information content (AvgIpc) is 2.96. The number of amides is 1. The minimum atomic E-state index is -0.658. The Morgan fingerprint density at radius 3 is 3.04 bits per heavy atom. The van der Waals surface area contributed by atoms with Crippen LogP contribution in [0.2, 0.25) is 5.15 Å². The molecule has 1 amide bonds. The first-order chi connectivity index (χ1) is 11.6. The van der Waals surface area contributed by atoms with Gasteiger partial charge in [-0.1, -0.05) is 41.4 Å². The van der Waals surface area contributed by atoms with E-state index in [9.17, 15) is 4.79 Å². The van der Waals surface area contributed by atoms with Crippen LogP contribution in [0, 0.1) is 18.3 Å². The van der Waals surface area contributed by atoms with Crippen LogP contribution in [0.1, 0.15) is 16.7 Å². The molecule has 1 aromatic carbocycles.